The first-order valence-electron chi connectivity index (χ1n) is 13.0. The van der Waals surface area contributed by atoms with Crippen molar-refractivity contribution in [2.75, 3.05) is 36.5 Å². The molecule has 0 saturated carbocycles. The summed E-state index contributed by atoms with van der Waals surface area (Å²) in [6, 6.07) is 12.1. The number of hydrogen-bond donors (Lipinski definition) is 1. The number of pyridine rings is 1. The summed E-state index contributed by atoms with van der Waals surface area (Å²) in [5.41, 5.74) is 3.39. The number of aromatic nitrogens is 5. The molecule has 9 nitrogen and oxygen atoms in total. The minimum Gasteiger partial charge on any atom is -0.381 e. The summed E-state index contributed by atoms with van der Waals surface area (Å²) in [6.07, 6.45) is 8.83. The van der Waals surface area contributed by atoms with Crippen LogP contribution in [0.4, 0.5) is 11.9 Å². The first-order chi connectivity index (χ1) is 18.2. The summed E-state index contributed by atoms with van der Waals surface area (Å²) in [7, 11) is 0. The highest BCUT2D eigenvalue weighted by atomic mass is 16.5. The molecule has 190 valence electrons. The summed E-state index contributed by atoms with van der Waals surface area (Å²) in [6.45, 7) is 5.06. The van der Waals surface area contributed by atoms with Crippen molar-refractivity contribution in [1.29, 1.82) is 0 Å². The first kappa shape index (κ1) is 23.5. The largest absolute Gasteiger partial charge is 0.381 e. The molecular weight excluding hydrogens is 466 g/mol. The summed E-state index contributed by atoms with van der Waals surface area (Å²) in [5, 5.41) is 4.39. The second kappa shape index (κ2) is 10.3. The van der Waals surface area contributed by atoms with Crippen molar-refractivity contribution in [3.63, 3.8) is 0 Å². The summed E-state index contributed by atoms with van der Waals surface area (Å²) in [4.78, 5) is 34.4. The molecule has 4 aromatic rings. The van der Waals surface area contributed by atoms with E-state index in [0.717, 1.165) is 61.2 Å². The molecule has 2 fully saturated rings. The van der Waals surface area contributed by atoms with Gasteiger partial charge in [0, 0.05) is 67.9 Å². The third kappa shape index (κ3) is 4.79. The molecule has 1 aromatic carbocycles. The Balaban J connectivity index is 1.32. The van der Waals surface area contributed by atoms with Gasteiger partial charge in [-0.25, -0.2) is 15.0 Å². The predicted molar refractivity (Wildman–Crippen MR) is 144 cm³/mol. The van der Waals surface area contributed by atoms with E-state index in [1.807, 2.05) is 54.1 Å². The monoisotopic (exact) mass is 497 g/mol. The Morgan fingerprint density at radius 3 is 2.46 bits per heavy atom. The van der Waals surface area contributed by atoms with Crippen LogP contribution in [0.25, 0.3) is 22.2 Å². The average Bonchev–Trinajstić information content (AvgIpc) is 2.95. The quantitative estimate of drug-likeness (QED) is 0.442. The zero-order chi connectivity index (χ0) is 25.2. The molecule has 37 heavy (non-hydrogen) atoms. The molecule has 9 heteroatoms. The van der Waals surface area contributed by atoms with E-state index in [9.17, 15) is 4.79 Å². The van der Waals surface area contributed by atoms with Crippen molar-refractivity contribution in [2.24, 2.45) is 0 Å². The van der Waals surface area contributed by atoms with Crippen molar-refractivity contribution < 1.29 is 4.74 Å². The van der Waals surface area contributed by atoms with Gasteiger partial charge in [0.25, 0.3) is 5.56 Å². The third-order valence-corrected chi connectivity index (χ3v) is 7.43. The lowest BCUT2D eigenvalue weighted by atomic mass is 10.00. The lowest BCUT2D eigenvalue weighted by Gasteiger charge is -2.32. The topological polar surface area (TPSA) is 98.1 Å². The molecule has 0 atom stereocenters. The fourth-order valence-corrected chi connectivity index (χ4v) is 5.40. The lowest BCUT2D eigenvalue weighted by molar-refractivity contribution is 0.0697. The van der Waals surface area contributed by atoms with E-state index in [1.165, 1.54) is 0 Å². The molecule has 0 radical (unpaired) electrons. The van der Waals surface area contributed by atoms with Crippen LogP contribution in [-0.4, -0.2) is 56.8 Å². The minimum absolute atomic E-state index is 0.00507. The van der Waals surface area contributed by atoms with Crippen LogP contribution in [0.5, 0.6) is 0 Å². The van der Waals surface area contributed by atoms with Gasteiger partial charge in [0.15, 0.2) is 0 Å². The number of aryl methyl sites for hydroxylation is 1. The number of hydrogen-bond acceptors (Lipinski definition) is 8. The highest BCUT2D eigenvalue weighted by Crippen LogP contribution is 2.28. The average molecular weight is 498 g/mol. The fourth-order valence-electron chi connectivity index (χ4n) is 5.40. The van der Waals surface area contributed by atoms with Gasteiger partial charge in [0.1, 0.15) is 5.65 Å². The van der Waals surface area contributed by atoms with E-state index in [4.69, 9.17) is 9.72 Å². The third-order valence-electron chi connectivity index (χ3n) is 7.43. The number of nitrogens with zero attached hydrogens (tertiary/aromatic N) is 6. The highest BCUT2D eigenvalue weighted by molar-refractivity contribution is 5.82. The molecule has 2 aliphatic heterocycles. The molecular formula is C28H31N7O2. The van der Waals surface area contributed by atoms with Crippen LogP contribution in [0, 0.1) is 6.92 Å². The van der Waals surface area contributed by atoms with E-state index in [2.05, 4.69) is 25.2 Å². The maximum absolute atomic E-state index is 13.9. The van der Waals surface area contributed by atoms with Gasteiger partial charge in [-0.15, -0.1) is 0 Å². The zero-order valence-corrected chi connectivity index (χ0v) is 21.0. The van der Waals surface area contributed by atoms with Crippen LogP contribution in [0.2, 0.25) is 0 Å². The molecule has 2 aliphatic rings. The number of benzene rings is 1. The predicted octanol–water partition coefficient (Wildman–Crippen LogP) is 3.99. The van der Waals surface area contributed by atoms with Gasteiger partial charge in [-0.2, -0.15) is 4.98 Å². The van der Waals surface area contributed by atoms with Crippen LogP contribution in [0.1, 0.15) is 37.3 Å². The molecule has 0 bridgehead atoms. The lowest BCUT2D eigenvalue weighted by Crippen LogP contribution is -2.40. The Bertz CT molecular complexity index is 1440. The molecule has 0 spiro atoms. The van der Waals surface area contributed by atoms with Crippen molar-refractivity contribution in [3.8, 4) is 11.1 Å². The molecule has 5 heterocycles. The maximum Gasteiger partial charge on any atom is 0.260 e. The number of rotatable bonds is 5. The van der Waals surface area contributed by atoms with E-state index < -0.39 is 0 Å². The van der Waals surface area contributed by atoms with Gasteiger partial charge in [0.05, 0.1) is 0 Å². The molecule has 3 aromatic heterocycles. The molecule has 6 rings (SSSR count). The summed E-state index contributed by atoms with van der Waals surface area (Å²) >= 11 is 0. The Hall–Kier alpha value is -3.85. The van der Waals surface area contributed by atoms with Gasteiger partial charge in [-0.3, -0.25) is 9.36 Å². The van der Waals surface area contributed by atoms with Crippen molar-refractivity contribution >= 4 is 22.9 Å². The van der Waals surface area contributed by atoms with Crippen LogP contribution in [0.3, 0.4) is 0 Å². The Kier molecular flexibility index (Phi) is 6.53. The Morgan fingerprint density at radius 1 is 0.946 bits per heavy atom. The Labute approximate surface area is 215 Å². The zero-order valence-electron chi connectivity index (χ0n) is 21.0. The smallest absolute Gasteiger partial charge is 0.260 e. The molecule has 0 aliphatic carbocycles. The molecule has 1 N–H and O–H groups in total. The summed E-state index contributed by atoms with van der Waals surface area (Å²) < 4.78 is 7.49. The Morgan fingerprint density at radius 2 is 1.70 bits per heavy atom. The van der Waals surface area contributed by atoms with E-state index >= 15 is 0 Å². The number of fused-ring (bicyclic) bond motifs is 1. The number of anilines is 2. The SMILES string of the molecule is Cc1ccccc1-c1cc2cnc(NC3CCN(c4ncccn4)CC3)nc2n(C2CCOCC2)c1=O. The summed E-state index contributed by atoms with van der Waals surface area (Å²) in [5.74, 6) is 1.33. The second-order valence-corrected chi connectivity index (χ2v) is 9.82. The minimum atomic E-state index is -0.00507. The van der Waals surface area contributed by atoms with Crippen LogP contribution in [-0.2, 0) is 4.74 Å². The van der Waals surface area contributed by atoms with Crippen LogP contribution in [0.15, 0.2) is 59.8 Å². The number of nitrogens with one attached hydrogen (secondary N) is 1. The molecule has 2 saturated heterocycles. The first-order valence-corrected chi connectivity index (χ1v) is 13.0. The van der Waals surface area contributed by atoms with Gasteiger partial charge in [-0.05, 0) is 55.9 Å². The second-order valence-electron chi connectivity index (χ2n) is 9.82. The van der Waals surface area contributed by atoms with Crippen LogP contribution >= 0.6 is 0 Å². The van der Waals surface area contributed by atoms with E-state index in [1.54, 1.807) is 12.4 Å². The standard InChI is InChI=1S/C28H31N7O2/c1-19-5-2-3-6-23(19)24-17-20-18-31-27(33-25(20)35(26(24)36)22-9-15-37-16-10-22)32-21-7-13-34(14-8-21)28-29-11-4-12-30-28/h2-6,11-12,17-18,21-22H,7-10,13-16H2,1H3,(H,31,32,33). The van der Waals surface area contributed by atoms with Crippen molar-refractivity contribution in [1.82, 2.24) is 24.5 Å². The van der Waals surface area contributed by atoms with Gasteiger partial charge < -0.3 is 15.0 Å². The number of ether oxygens (including phenoxy) is 1. The number of piperidine rings is 1. The molecule has 0 unspecified atom stereocenters. The van der Waals surface area contributed by atoms with Crippen molar-refractivity contribution in [2.45, 2.75) is 44.7 Å². The van der Waals surface area contributed by atoms with Gasteiger partial charge >= 0.3 is 0 Å². The fraction of sp³-hybridized carbons (Fsp3) is 0.393. The van der Waals surface area contributed by atoms with Gasteiger partial charge in [-0.1, -0.05) is 24.3 Å². The highest BCUT2D eigenvalue weighted by Gasteiger charge is 2.24. The van der Waals surface area contributed by atoms with E-state index in [0.29, 0.717) is 30.4 Å². The maximum atomic E-state index is 13.9. The van der Waals surface area contributed by atoms with Gasteiger partial charge in [0.2, 0.25) is 11.9 Å². The normalized spacial score (nSPS) is 17.3. The van der Waals surface area contributed by atoms with Crippen molar-refractivity contribution in [3.05, 3.63) is 70.9 Å². The van der Waals surface area contributed by atoms with E-state index in [-0.39, 0.29) is 17.6 Å². The molecule has 0 amide bonds. The van der Waals surface area contributed by atoms with Crippen LogP contribution < -0.4 is 15.8 Å².